The minimum Gasteiger partial charge on any atom is -0.511 e. The molecule has 1 aromatic carbocycles. The van der Waals surface area contributed by atoms with Gasteiger partial charge in [-0.1, -0.05) is 0 Å². The molecule has 150 valence electrons. The number of carbonyl (C=O) groups is 1. The number of thioether (sulfide) groups is 1. The number of cyclic esters (lactones) is 1. The molecule has 2 aliphatic heterocycles. The Morgan fingerprint density at radius 1 is 1.29 bits per heavy atom. The van der Waals surface area contributed by atoms with Crippen LogP contribution >= 0.6 is 11.8 Å². The normalized spacial score (nSPS) is 20.1. The number of ether oxygens (including phenoxy) is 3. The van der Waals surface area contributed by atoms with E-state index in [9.17, 15) is 9.90 Å². The zero-order valence-electron chi connectivity index (χ0n) is 16.4. The van der Waals surface area contributed by atoms with Gasteiger partial charge in [0.1, 0.15) is 28.9 Å². The zero-order valence-corrected chi connectivity index (χ0v) is 17.2. The molecular weight excluding hydrogens is 378 g/mol. The average molecular weight is 404 g/mol. The largest absolute Gasteiger partial charge is 0.511 e. The lowest BCUT2D eigenvalue weighted by Crippen LogP contribution is -2.28. The van der Waals surface area contributed by atoms with E-state index in [1.165, 1.54) is 0 Å². The number of aliphatic imine (C=N–C) groups is 1. The highest BCUT2D eigenvalue weighted by molar-refractivity contribution is 8.08. The van der Waals surface area contributed by atoms with Gasteiger partial charge in [0, 0.05) is 35.3 Å². The molecule has 0 fully saturated rings. The van der Waals surface area contributed by atoms with E-state index in [0.717, 1.165) is 22.0 Å². The number of carbonyl (C=O) groups excluding carboxylic acids is 1. The van der Waals surface area contributed by atoms with Crippen molar-refractivity contribution in [1.29, 1.82) is 0 Å². The van der Waals surface area contributed by atoms with Gasteiger partial charge < -0.3 is 19.3 Å². The lowest BCUT2D eigenvalue weighted by Gasteiger charge is -2.21. The molecule has 3 rings (SSSR count). The van der Waals surface area contributed by atoms with Gasteiger partial charge in [-0.2, -0.15) is 0 Å². The Kier molecular flexibility index (Phi) is 6.67. The predicted molar refractivity (Wildman–Crippen MR) is 111 cm³/mol. The summed E-state index contributed by atoms with van der Waals surface area (Å²) in [5, 5.41) is 10.4. The first kappa shape index (κ1) is 20.3. The molecule has 0 aromatic heterocycles. The second-order valence-electron chi connectivity index (χ2n) is 6.39. The molecular formula is C21H25NO5S. The van der Waals surface area contributed by atoms with Crippen molar-refractivity contribution in [3.63, 3.8) is 0 Å². The van der Waals surface area contributed by atoms with Gasteiger partial charge >= 0.3 is 5.97 Å². The number of benzene rings is 1. The van der Waals surface area contributed by atoms with Gasteiger partial charge in [-0.25, -0.2) is 4.79 Å². The highest BCUT2D eigenvalue weighted by Crippen LogP contribution is 2.38. The second kappa shape index (κ2) is 9.19. The van der Waals surface area contributed by atoms with Crippen molar-refractivity contribution in [2.24, 2.45) is 4.99 Å². The summed E-state index contributed by atoms with van der Waals surface area (Å²) in [5.41, 5.74) is 1.51. The van der Waals surface area contributed by atoms with Crippen molar-refractivity contribution in [3.8, 4) is 11.5 Å². The molecule has 1 aromatic rings. The second-order valence-corrected chi connectivity index (χ2v) is 7.53. The molecule has 0 amide bonds. The highest BCUT2D eigenvalue weighted by atomic mass is 32.2. The van der Waals surface area contributed by atoms with Gasteiger partial charge in [-0.05, 0) is 39.0 Å². The summed E-state index contributed by atoms with van der Waals surface area (Å²) in [6.07, 6.45) is 1.79. The quantitative estimate of drug-likeness (QED) is 0.719. The fourth-order valence-corrected chi connectivity index (χ4v) is 4.03. The Bertz CT molecular complexity index is 843. The summed E-state index contributed by atoms with van der Waals surface area (Å²) in [6.45, 7) is 7.27. The minimum atomic E-state index is -0.533. The Balaban J connectivity index is 2.01. The van der Waals surface area contributed by atoms with Gasteiger partial charge in [0.25, 0.3) is 0 Å². The molecule has 2 aliphatic rings. The topological polar surface area (TPSA) is 77.4 Å². The van der Waals surface area contributed by atoms with Gasteiger partial charge in [-0.15, -0.1) is 11.8 Å². The molecule has 0 bridgehead atoms. The first-order valence-electron chi connectivity index (χ1n) is 9.45. The maximum Gasteiger partial charge on any atom is 0.344 e. The molecule has 0 spiro atoms. The number of esters is 1. The first-order chi connectivity index (χ1) is 13.5. The van der Waals surface area contributed by atoms with Crippen molar-refractivity contribution in [1.82, 2.24) is 0 Å². The van der Waals surface area contributed by atoms with Crippen LogP contribution in [0.5, 0.6) is 11.5 Å². The summed E-state index contributed by atoms with van der Waals surface area (Å²) in [7, 11) is 0. The minimum absolute atomic E-state index is 0.0294. The summed E-state index contributed by atoms with van der Waals surface area (Å²) < 4.78 is 16.7. The van der Waals surface area contributed by atoms with Crippen LogP contribution in [0.2, 0.25) is 0 Å². The maximum atomic E-state index is 12.4. The molecule has 0 radical (unpaired) electrons. The van der Waals surface area contributed by atoms with Crippen LogP contribution in [-0.2, 0) is 9.53 Å². The monoisotopic (exact) mass is 403 g/mol. The molecule has 1 N–H and O–H groups in total. The van der Waals surface area contributed by atoms with E-state index in [4.69, 9.17) is 14.2 Å². The molecule has 0 saturated heterocycles. The number of allylic oxidation sites excluding steroid dienone is 1. The van der Waals surface area contributed by atoms with E-state index >= 15 is 0 Å². The van der Waals surface area contributed by atoms with Crippen LogP contribution in [0.15, 0.2) is 40.6 Å². The number of hydrogen-bond acceptors (Lipinski definition) is 7. The molecule has 7 heteroatoms. The van der Waals surface area contributed by atoms with E-state index in [-0.39, 0.29) is 17.4 Å². The molecule has 1 atom stereocenters. The van der Waals surface area contributed by atoms with Crippen molar-refractivity contribution < 1.29 is 24.1 Å². The Labute approximate surface area is 169 Å². The molecule has 6 nitrogen and oxygen atoms in total. The Morgan fingerprint density at radius 3 is 2.79 bits per heavy atom. The van der Waals surface area contributed by atoms with Crippen LogP contribution in [0.3, 0.4) is 0 Å². The summed E-state index contributed by atoms with van der Waals surface area (Å²) in [5.74, 6) is 1.71. The maximum absolute atomic E-state index is 12.4. The van der Waals surface area contributed by atoms with Crippen molar-refractivity contribution in [2.45, 2.75) is 33.3 Å². The lowest BCUT2D eigenvalue weighted by atomic mass is 10.0. The molecule has 28 heavy (non-hydrogen) atoms. The van der Waals surface area contributed by atoms with Crippen LogP contribution in [0.4, 0.5) is 0 Å². The summed E-state index contributed by atoms with van der Waals surface area (Å²) in [4.78, 5) is 17.8. The van der Waals surface area contributed by atoms with E-state index in [0.29, 0.717) is 37.6 Å². The molecule has 2 heterocycles. The van der Waals surface area contributed by atoms with Crippen LogP contribution in [-0.4, -0.2) is 48.4 Å². The zero-order chi connectivity index (χ0) is 20.1. The number of aliphatic hydroxyl groups excluding tert-OH is 1. The average Bonchev–Trinajstić information content (AvgIpc) is 2.88. The third-order valence-electron chi connectivity index (χ3n) is 4.27. The van der Waals surface area contributed by atoms with Gasteiger partial charge in [-0.3, -0.25) is 4.99 Å². The van der Waals surface area contributed by atoms with Gasteiger partial charge in [0.15, 0.2) is 0 Å². The fourth-order valence-electron chi connectivity index (χ4n) is 3.11. The lowest BCUT2D eigenvalue weighted by molar-refractivity contribution is -0.144. The van der Waals surface area contributed by atoms with E-state index in [2.05, 4.69) is 4.99 Å². The number of nitrogens with zero attached hydrogens (tertiary/aromatic N) is 1. The SMILES string of the molecule is CCOc1ccc(C2=CC(C3=C(O)CC(C)OC3=O)=NCCS2)c(OCC)c1. The van der Waals surface area contributed by atoms with Crippen molar-refractivity contribution in [2.75, 3.05) is 25.5 Å². The van der Waals surface area contributed by atoms with Crippen molar-refractivity contribution in [3.05, 3.63) is 41.2 Å². The van der Waals surface area contributed by atoms with Gasteiger partial charge in [0.05, 0.1) is 18.9 Å². The standard InChI is InChI=1S/C21H25NO5S/c1-4-25-14-6-7-15(18(11-14)26-5-2)19-12-16(22-8-9-28-19)20-17(23)10-13(3)27-21(20)24/h6-7,11-13,23H,4-5,8-10H2,1-3H3. The number of rotatable bonds is 6. The first-order valence-corrected chi connectivity index (χ1v) is 10.4. The Morgan fingerprint density at radius 2 is 2.07 bits per heavy atom. The van der Waals surface area contributed by atoms with Crippen LogP contribution < -0.4 is 9.47 Å². The fraction of sp³-hybridized carbons (Fsp3) is 0.429. The van der Waals surface area contributed by atoms with Crippen LogP contribution in [0, 0.1) is 0 Å². The van der Waals surface area contributed by atoms with Gasteiger partial charge in [0.2, 0.25) is 0 Å². The van der Waals surface area contributed by atoms with Crippen LogP contribution in [0.1, 0.15) is 32.8 Å². The highest BCUT2D eigenvalue weighted by Gasteiger charge is 2.30. The predicted octanol–water partition coefficient (Wildman–Crippen LogP) is 4.16. The molecule has 0 aliphatic carbocycles. The van der Waals surface area contributed by atoms with E-state index in [1.807, 2.05) is 38.1 Å². The number of hydrogen-bond donors (Lipinski definition) is 1. The molecule has 1 unspecified atom stereocenters. The smallest absolute Gasteiger partial charge is 0.344 e. The Hall–Kier alpha value is -2.41. The van der Waals surface area contributed by atoms with E-state index in [1.54, 1.807) is 18.7 Å². The molecule has 0 saturated carbocycles. The van der Waals surface area contributed by atoms with E-state index < -0.39 is 5.97 Å². The number of aliphatic hydroxyl groups is 1. The summed E-state index contributed by atoms with van der Waals surface area (Å²) in [6, 6.07) is 5.73. The van der Waals surface area contributed by atoms with Crippen molar-refractivity contribution >= 4 is 28.3 Å². The third kappa shape index (κ3) is 4.52. The summed E-state index contributed by atoms with van der Waals surface area (Å²) >= 11 is 1.64. The third-order valence-corrected chi connectivity index (χ3v) is 5.30. The van der Waals surface area contributed by atoms with Crippen LogP contribution in [0.25, 0.3) is 4.91 Å².